The molecule has 0 aromatic rings. The summed E-state index contributed by atoms with van der Waals surface area (Å²) in [7, 11) is -4.34. The second-order valence-corrected chi connectivity index (χ2v) is 12.8. The second kappa shape index (κ2) is 8.61. The van der Waals surface area contributed by atoms with Crippen molar-refractivity contribution >= 4 is 27.7 Å². The van der Waals surface area contributed by atoms with Crippen molar-refractivity contribution in [3.63, 3.8) is 0 Å². The molecule has 3 N–H and O–H groups in total. The monoisotopic (exact) mass is 510 g/mol. The quantitative estimate of drug-likeness (QED) is 0.357. The van der Waals surface area contributed by atoms with Crippen LogP contribution in [-0.4, -0.2) is 64.8 Å². The van der Waals surface area contributed by atoms with E-state index in [2.05, 4.69) is 13.8 Å². The number of aliphatic hydroxyl groups is 2. The molecule has 10 heteroatoms. The first-order chi connectivity index (χ1) is 16.1. The largest absolute Gasteiger partial charge is 0.458 e. The highest BCUT2D eigenvalue weighted by Gasteiger charge is 2.68. The Bertz CT molecular complexity index is 1110. The lowest BCUT2D eigenvalue weighted by Crippen LogP contribution is -2.62. The Balaban J connectivity index is 1.55. The van der Waals surface area contributed by atoms with Crippen LogP contribution in [0.2, 0.25) is 0 Å². The smallest absolute Gasteiger partial charge is 0.307 e. The fraction of sp³-hybridized carbons (Fsp3) is 0.720. The van der Waals surface area contributed by atoms with Gasteiger partial charge in [0.2, 0.25) is 5.78 Å². The first-order valence-electron chi connectivity index (χ1n) is 12.1. The van der Waals surface area contributed by atoms with E-state index in [1.54, 1.807) is 12.2 Å². The van der Waals surface area contributed by atoms with Gasteiger partial charge in [0.25, 0.3) is 10.1 Å². The van der Waals surface area contributed by atoms with Gasteiger partial charge in [-0.2, -0.15) is 8.42 Å². The number of carbonyl (C=O) groups is 3. The lowest BCUT2D eigenvalue weighted by Gasteiger charge is -2.60. The number of Topliss-reactive ketones (excluding diaryl/α,β-unsaturated/α-hetero) is 1. The summed E-state index contributed by atoms with van der Waals surface area (Å²) < 4.78 is 35.3. The van der Waals surface area contributed by atoms with Gasteiger partial charge in [-0.05, 0) is 55.6 Å². The van der Waals surface area contributed by atoms with E-state index in [-0.39, 0.29) is 42.3 Å². The molecule has 3 fully saturated rings. The van der Waals surface area contributed by atoms with Gasteiger partial charge in [-0.3, -0.25) is 18.9 Å². The zero-order valence-corrected chi connectivity index (χ0v) is 21.1. The zero-order chi connectivity index (χ0) is 26.0. The predicted molar refractivity (Wildman–Crippen MR) is 125 cm³/mol. The van der Waals surface area contributed by atoms with Crippen LogP contribution in [0.5, 0.6) is 0 Å². The fourth-order valence-electron chi connectivity index (χ4n) is 7.76. The molecule has 194 valence electrons. The molecule has 0 spiro atoms. The summed E-state index contributed by atoms with van der Waals surface area (Å²) in [6, 6.07) is 0. The van der Waals surface area contributed by atoms with Crippen LogP contribution in [0.4, 0.5) is 0 Å². The summed E-state index contributed by atoms with van der Waals surface area (Å²) in [6.07, 6.45) is 5.42. The first kappa shape index (κ1) is 26.2. The number of ether oxygens (including phenoxy) is 1. The number of aliphatic hydroxyl groups excluding tert-OH is 1. The molecule has 4 aliphatic carbocycles. The SMILES string of the molecule is CC1C[C@@H]2[C@H](C(O)C[C@@]3(C)[C@H]2CC[C@]3(O)C(=O)COC(=O)CCS(=O)(=O)O)[C@@]2(C)C=CC(=O)C=C12. The van der Waals surface area contributed by atoms with Crippen molar-refractivity contribution in [2.45, 2.75) is 64.6 Å². The van der Waals surface area contributed by atoms with Crippen LogP contribution in [0, 0.1) is 34.5 Å². The van der Waals surface area contributed by atoms with Gasteiger partial charge < -0.3 is 14.9 Å². The first-order valence-corrected chi connectivity index (χ1v) is 13.7. The van der Waals surface area contributed by atoms with E-state index < -0.39 is 63.2 Å². The molecule has 0 saturated heterocycles. The van der Waals surface area contributed by atoms with Gasteiger partial charge in [-0.25, -0.2) is 0 Å². The topological polar surface area (TPSA) is 155 Å². The average molecular weight is 511 g/mol. The van der Waals surface area contributed by atoms with E-state index in [0.29, 0.717) is 6.42 Å². The summed E-state index contributed by atoms with van der Waals surface area (Å²) >= 11 is 0. The molecular weight excluding hydrogens is 476 g/mol. The van der Waals surface area contributed by atoms with E-state index in [1.807, 2.05) is 13.0 Å². The van der Waals surface area contributed by atoms with Crippen molar-refractivity contribution in [1.29, 1.82) is 0 Å². The number of esters is 1. The number of ketones is 2. The maximum atomic E-state index is 13.2. The van der Waals surface area contributed by atoms with Crippen molar-refractivity contribution in [2.75, 3.05) is 12.4 Å². The molecule has 0 bridgehead atoms. The van der Waals surface area contributed by atoms with Gasteiger partial charge >= 0.3 is 5.97 Å². The number of allylic oxidation sites excluding steroid dienone is 4. The van der Waals surface area contributed by atoms with Gasteiger partial charge in [-0.1, -0.05) is 32.4 Å². The Morgan fingerprint density at radius 2 is 1.94 bits per heavy atom. The molecule has 4 rings (SSSR count). The second-order valence-electron chi connectivity index (χ2n) is 11.3. The third-order valence-corrected chi connectivity index (χ3v) is 10.1. The molecule has 3 saturated carbocycles. The minimum Gasteiger partial charge on any atom is -0.458 e. The Kier molecular flexibility index (Phi) is 6.44. The van der Waals surface area contributed by atoms with E-state index in [1.165, 1.54) is 0 Å². The van der Waals surface area contributed by atoms with Crippen LogP contribution in [-0.2, 0) is 29.2 Å². The lowest BCUT2D eigenvalue weighted by atomic mass is 9.45. The molecule has 0 aromatic carbocycles. The van der Waals surface area contributed by atoms with Crippen LogP contribution >= 0.6 is 0 Å². The minimum absolute atomic E-state index is 0.0258. The van der Waals surface area contributed by atoms with Gasteiger partial charge in [0.05, 0.1) is 18.3 Å². The summed E-state index contributed by atoms with van der Waals surface area (Å²) in [5.74, 6) is -2.56. The van der Waals surface area contributed by atoms with Gasteiger partial charge in [0.1, 0.15) is 5.60 Å². The molecule has 0 radical (unpaired) electrons. The molecule has 35 heavy (non-hydrogen) atoms. The van der Waals surface area contributed by atoms with Gasteiger partial charge in [0, 0.05) is 16.7 Å². The number of carbonyl (C=O) groups excluding carboxylic acids is 3. The Labute approximate surface area is 205 Å². The molecule has 2 unspecified atom stereocenters. The summed E-state index contributed by atoms with van der Waals surface area (Å²) in [4.78, 5) is 37.1. The minimum atomic E-state index is -4.34. The highest BCUT2D eigenvalue weighted by molar-refractivity contribution is 7.85. The molecule has 0 aliphatic heterocycles. The van der Waals surface area contributed by atoms with Crippen molar-refractivity contribution in [1.82, 2.24) is 0 Å². The van der Waals surface area contributed by atoms with Crippen LogP contribution in [0.15, 0.2) is 23.8 Å². The number of hydrogen-bond acceptors (Lipinski definition) is 8. The summed E-state index contributed by atoms with van der Waals surface area (Å²) in [5, 5.41) is 23.1. The predicted octanol–water partition coefficient (Wildman–Crippen LogP) is 1.63. The van der Waals surface area contributed by atoms with E-state index in [0.717, 1.165) is 12.0 Å². The molecular formula is C25H34O9S. The Morgan fingerprint density at radius 1 is 1.26 bits per heavy atom. The maximum Gasteiger partial charge on any atom is 0.307 e. The Hall–Kier alpha value is -1.88. The van der Waals surface area contributed by atoms with Crippen molar-refractivity contribution in [3.05, 3.63) is 23.8 Å². The van der Waals surface area contributed by atoms with Crippen LogP contribution in [0.1, 0.15) is 52.9 Å². The molecule has 0 aromatic heterocycles. The standard InChI is InChI=1S/C25H34O9S/c1-14-10-16-17-5-8-25(30,20(28)13-34-21(29)6-9-35(31,32)33)24(17,3)12-19(27)22(16)23(2)7-4-15(26)11-18(14)23/h4,7,11,14,16-17,19,22,27,30H,5-6,8-10,12-13H2,1-3H3,(H,31,32,33)/t14?,16-,17-,19?,22+,23-,24-,25-/m0/s1. The van der Waals surface area contributed by atoms with E-state index >= 15 is 0 Å². The molecule has 8 atom stereocenters. The maximum absolute atomic E-state index is 13.2. The van der Waals surface area contributed by atoms with Gasteiger partial charge in [0.15, 0.2) is 12.4 Å². The third kappa shape index (κ3) is 4.22. The fourth-order valence-corrected chi connectivity index (χ4v) is 8.19. The highest BCUT2D eigenvalue weighted by atomic mass is 32.2. The van der Waals surface area contributed by atoms with Crippen molar-refractivity contribution < 1.29 is 42.3 Å². The molecule has 9 nitrogen and oxygen atoms in total. The molecule has 4 aliphatic rings. The van der Waals surface area contributed by atoms with E-state index in [9.17, 15) is 33.0 Å². The van der Waals surface area contributed by atoms with Crippen LogP contribution in [0.3, 0.4) is 0 Å². The molecule has 0 amide bonds. The van der Waals surface area contributed by atoms with Crippen LogP contribution in [0.25, 0.3) is 0 Å². The number of hydrogen-bond donors (Lipinski definition) is 3. The molecule has 0 heterocycles. The van der Waals surface area contributed by atoms with Crippen molar-refractivity contribution in [3.8, 4) is 0 Å². The van der Waals surface area contributed by atoms with Crippen molar-refractivity contribution in [2.24, 2.45) is 34.5 Å². The van der Waals surface area contributed by atoms with E-state index in [4.69, 9.17) is 9.29 Å². The lowest BCUT2D eigenvalue weighted by molar-refractivity contribution is -0.182. The zero-order valence-electron chi connectivity index (χ0n) is 20.3. The van der Waals surface area contributed by atoms with Crippen LogP contribution < -0.4 is 0 Å². The number of rotatable bonds is 6. The third-order valence-electron chi connectivity index (χ3n) is 9.36. The average Bonchev–Trinajstić information content (AvgIpc) is 3.02. The normalized spacial score (nSPS) is 42.5. The summed E-state index contributed by atoms with van der Waals surface area (Å²) in [5.41, 5.74) is -2.19. The Morgan fingerprint density at radius 3 is 2.60 bits per heavy atom. The van der Waals surface area contributed by atoms with Gasteiger partial charge in [-0.15, -0.1) is 0 Å². The highest BCUT2D eigenvalue weighted by Crippen LogP contribution is 2.67. The number of fused-ring (bicyclic) bond motifs is 5. The summed E-state index contributed by atoms with van der Waals surface area (Å²) in [6.45, 7) is 5.24.